The Balaban J connectivity index is 2.26. The van der Waals surface area contributed by atoms with Crippen LogP contribution in [0.1, 0.15) is 51.6 Å². The van der Waals surface area contributed by atoms with Crippen LogP contribution in [0.3, 0.4) is 0 Å². The van der Waals surface area contributed by atoms with Gasteiger partial charge in [0.1, 0.15) is 5.82 Å². The average molecular weight is 278 g/mol. The van der Waals surface area contributed by atoms with E-state index in [1.54, 1.807) is 6.07 Å². The molecule has 0 aliphatic heterocycles. The first-order chi connectivity index (χ1) is 9.31. The van der Waals surface area contributed by atoms with Crippen molar-refractivity contribution in [2.75, 3.05) is 13.6 Å². The zero-order valence-electron chi connectivity index (χ0n) is 13.1. The molecular formula is C17H27FN2. The topological polar surface area (TPSA) is 29.3 Å². The van der Waals surface area contributed by atoms with Crippen molar-refractivity contribution in [3.63, 3.8) is 0 Å². The lowest BCUT2D eigenvalue weighted by Gasteiger charge is -2.43. The number of nitrogens with two attached hydrogens (primary N) is 1. The van der Waals surface area contributed by atoms with Crippen molar-refractivity contribution in [2.45, 2.75) is 51.6 Å². The van der Waals surface area contributed by atoms with E-state index < -0.39 is 0 Å². The summed E-state index contributed by atoms with van der Waals surface area (Å²) in [6.45, 7) is 7.30. The Morgan fingerprint density at radius 2 is 1.95 bits per heavy atom. The molecule has 0 heterocycles. The van der Waals surface area contributed by atoms with Gasteiger partial charge in [0.15, 0.2) is 0 Å². The Kier molecular flexibility index (Phi) is 4.22. The zero-order valence-corrected chi connectivity index (χ0v) is 13.1. The van der Waals surface area contributed by atoms with Crippen LogP contribution in [-0.2, 0) is 0 Å². The lowest BCUT2D eigenvalue weighted by atomic mass is 9.85. The van der Waals surface area contributed by atoms with Crippen LogP contribution in [-0.4, -0.2) is 24.0 Å². The zero-order chi connectivity index (χ0) is 15.0. The Morgan fingerprint density at radius 1 is 1.30 bits per heavy atom. The van der Waals surface area contributed by atoms with Gasteiger partial charge in [-0.3, -0.25) is 4.90 Å². The monoisotopic (exact) mass is 278 g/mol. The number of hydrogen-bond donors (Lipinski definition) is 1. The maximum Gasteiger partial charge on any atom is 0.127 e. The highest BCUT2D eigenvalue weighted by Crippen LogP contribution is 2.47. The molecule has 0 aromatic heterocycles. The molecule has 0 spiro atoms. The summed E-state index contributed by atoms with van der Waals surface area (Å²) in [4.78, 5) is 2.29. The van der Waals surface area contributed by atoms with E-state index in [-0.39, 0.29) is 17.4 Å². The second kappa shape index (κ2) is 5.45. The third-order valence-corrected chi connectivity index (χ3v) is 5.14. The molecule has 2 nitrogen and oxygen atoms in total. The Bertz CT molecular complexity index is 472. The molecule has 112 valence electrons. The molecule has 2 atom stereocenters. The molecule has 0 bridgehead atoms. The summed E-state index contributed by atoms with van der Waals surface area (Å²) in [5.41, 5.74) is 7.18. The predicted molar refractivity (Wildman–Crippen MR) is 82.0 cm³/mol. The van der Waals surface area contributed by atoms with Gasteiger partial charge >= 0.3 is 0 Å². The molecule has 2 N–H and O–H groups in total. The van der Waals surface area contributed by atoms with Gasteiger partial charge in [-0.05, 0) is 44.7 Å². The van der Waals surface area contributed by atoms with Crippen LogP contribution in [0.25, 0.3) is 0 Å². The van der Waals surface area contributed by atoms with Crippen LogP contribution in [0.2, 0.25) is 0 Å². The minimum Gasteiger partial charge on any atom is -0.329 e. The largest absolute Gasteiger partial charge is 0.329 e. The smallest absolute Gasteiger partial charge is 0.127 e. The van der Waals surface area contributed by atoms with Crippen LogP contribution in [0.4, 0.5) is 4.39 Å². The lowest BCUT2D eigenvalue weighted by Crippen LogP contribution is -2.51. The van der Waals surface area contributed by atoms with Gasteiger partial charge < -0.3 is 5.73 Å². The van der Waals surface area contributed by atoms with Gasteiger partial charge in [-0.25, -0.2) is 4.39 Å². The maximum atomic E-state index is 14.0. The maximum absolute atomic E-state index is 14.0. The average Bonchev–Trinajstić information content (AvgIpc) is 2.74. The fraction of sp³-hybridized carbons (Fsp3) is 0.647. The Morgan fingerprint density at radius 3 is 2.45 bits per heavy atom. The minimum absolute atomic E-state index is 0.00873. The highest BCUT2D eigenvalue weighted by atomic mass is 19.1. The fourth-order valence-corrected chi connectivity index (χ4v) is 3.69. The summed E-state index contributed by atoms with van der Waals surface area (Å²) < 4.78 is 14.0. The van der Waals surface area contributed by atoms with Gasteiger partial charge in [0.25, 0.3) is 0 Å². The molecule has 1 saturated carbocycles. The van der Waals surface area contributed by atoms with E-state index in [4.69, 9.17) is 5.73 Å². The summed E-state index contributed by atoms with van der Waals surface area (Å²) in [7, 11) is 2.09. The van der Waals surface area contributed by atoms with Gasteiger partial charge in [0.2, 0.25) is 0 Å². The van der Waals surface area contributed by atoms with Gasteiger partial charge in [-0.2, -0.15) is 0 Å². The number of nitrogens with zero attached hydrogens (tertiary/aromatic N) is 1. The van der Waals surface area contributed by atoms with E-state index in [2.05, 4.69) is 32.7 Å². The molecule has 1 aliphatic rings. The van der Waals surface area contributed by atoms with E-state index in [9.17, 15) is 4.39 Å². The van der Waals surface area contributed by atoms with E-state index in [0.29, 0.717) is 12.0 Å². The van der Waals surface area contributed by atoms with E-state index in [0.717, 1.165) is 18.4 Å². The fourth-order valence-electron chi connectivity index (χ4n) is 3.69. The quantitative estimate of drug-likeness (QED) is 0.909. The molecule has 3 heteroatoms. The van der Waals surface area contributed by atoms with Crippen LogP contribution in [0, 0.1) is 11.2 Å². The summed E-state index contributed by atoms with van der Waals surface area (Å²) >= 11 is 0. The molecular weight excluding hydrogens is 251 g/mol. The number of likely N-dealkylation sites (N-methyl/N-ethyl adjacent to an activating group) is 1. The summed E-state index contributed by atoms with van der Waals surface area (Å²) in [6, 6.07) is 7.08. The van der Waals surface area contributed by atoms with Crippen LogP contribution in [0.15, 0.2) is 24.3 Å². The van der Waals surface area contributed by atoms with Gasteiger partial charge in [0, 0.05) is 23.7 Å². The van der Waals surface area contributed by atoms with Crippen LogP contribution < -0.4 is 5.73 Å². The normalized spacial score (nSPS) is 26.9. The first-order valence-corrected chi connectivity index (χ1v) is 7.49. The highest BCUT2D eigenvalue weighted by molar-refractivity contribution is 5.21. The molecule has 0 saturated heterocycles. The van der Waals surface area contributed by atoms with E-state index in [1.165, 1.54) is 12.5 Å². The molecule has 0 radical (unpaired) electrons. The van der Waals surface area contributed by atoms with Crippen molar-refractivity contribution in [3.05, 3.63) is 35.6 Å². The van der Waals surface area contributed by atoms with E-state index >= 15 is 0 Å². The number of rotatable bonds is 4. The van der Waals surface area contributed by atoms with Crippen molar-refractivity contribution in [1.29, 1.82) is 0 Å². The Hall–Kier alpha value is -0.930. The van der Waals surface area contributed by atoms with Crippen LogP contribution in [0.5, 0.6) is 0 Å². The van der Waals surface area contributed by atoms with Crippen molar-refractivity contribution < 1.29 is 4.39 Å². The molecule has 20 heavy (non-hydrogen) atoms. The first kappa shape index (κ1) is 15.5. The standard InChI is InChI=1S/C17H27FN2/c1-13(14-7-5-6-8-15(14)18)20(4)17(12-19)10-9-16(2,3)11-17/h5-8,13H,9-12,19H2,1-4H3. The van der Waals surface area contributed by atoms with Crippen molar-refractivity contribution in [1.82, 2.24) is 4.90 Å². The van der Waals surface area contributed by atoms with Crippen molar-refractivity contribution >= 4 is 0 Å². The summed E-state index contributed by atoms with van der Waals surface area (Å²) in [5, 5.41) is 0. The second-order valence-corrected chi connectivity index (χ2v) is 7.08. The third-order valence-electron chi connectivity index (χ3n) is 5.14. The molecule has 2 unspecified atom stereocenters. The number of hydrogen-bond acceptors (Lipinski definition) is 2. The molecule has 0 amide bonds. The summed E-state index contributed by atoms with van der Waals surface area (Å²) in [5.74, 6) is -0.128. The van der Waals surface area contributed by atoms with Gasteiger partial charge in [-0.15, -0.1) is 0 Å². The lowest BCUT2D eigenvalue weighted by molar-refractivity contribution is 0.0781. The molecule has 2 rings (SSSR count). The van der Waals surface area contributed by atoms with Gasteiger partial charge in [-0.1, -0.05) is 32.0 Å². The predicted octanol–water partition coefficient (Wildman–Crippen LogP) is 3.73. The second-order valence-electron chi connectivity index (χ2n) is 7.08. The Labute approximate surface area is 122 Å². The molecule has 1 aromatic carbocycles. The SMILES string of the molecule is CC(c1ccccc1F)N(C)C1(CN)CCC(C)(C)C1. The minimum atomic E-state index is -0.128. The van der Waals surface area contributed by atoms with Crippen LogP contribution >= 0.6 is 0 Å². The van der Waals surface area contributed by atoms with Gasteiger partial charge in [0.05, 0.1) is 0 Å². The number of benzene rings is 1. The highest BCUT2D eigenvalue weighted by Gasteiger charge is 2.46. The summed E-state index contributed by atoms with van der Waals surface area (Å²) in [6.07, 6.45) is 3.34. The first-order valence-electron chi connectivity index (χ1n) is 7.49. The molecule has 1 aromatic rings. The van der Waals surface area contributed by atoms with Crippen molar-refractivity contribution in [3.8, 4) is 0 Å². The third kappa shape index (κ3) is 2.75. The van der Waals surface area contributed by atoms with E-state index in [1.807, 2.05) is 12.1 Å². The van der Waals surface area contributed by atoms with Crippen molar-refractivity contribution in [2.24, 2.45) is 11.1 Å². The molecule has 1 fully saturated rings. The number of halogens is 1. The molecule has 1 aliphatic carbocycles.